The lowest BCUT2D eigenvalue weighted by atomic mass is 9.93. The Balaban J connectivity index is 3.44. The quantitative estimate of drug-likeness (QED) is 0.476. The summed E-state index contributed by atoms with van der Waals surface area (Å²) in [4.78, 5) is 11.6. The van der Waals surface area contributed by atoms with E-state index in [2.05, 4.69) is 0 Å². The number of para-hydroxylation sites is 1. The number of amides is 1. The molecule has 0 bridgehead atoms. The molecule has 14 heteroatoms. The molecule has 172 valence electrons. The monoisotopic (exact) mass is 463 g/mol. The van der Waals surface area contributed by atoms with Crippen molar-refractivity contribution in [2.24, 2.45) is 0 Å². The Hall–Kier alpha value is -2.15. The van der Waals surface area contributed by atoms with Crippen molar-refractivity contribution in [3.8, 4) is 0 Å². The van der Waals surface area contributed by atoms with E-state index in [1.807, 2.05) is 0 Å². The largest absolute Gasteiger partial charge is 0.393 e. The molecule has 0 saturated heterocycles. The van der Waals surface area contributed by atoms with Gasteiger partial charge >= 0.3 is 41.9 Å². The third kappa shape index (κ3) is 3.68. The number of alkyl halides is 12. The zero-order valence-electron chi connectivity index (χ0n) is 15.0. The first-order valence-corrected chi connectivity index (χ1v) is 7.87. The molecule has 1 rings (SSSR count). The van der Waals surface area contributed by atoms with E-state index in [0.29, 0.717) is 0 Å². The Morgan fingerprint density at radius 1 is 0.900 bits per heavy atom. The van der Waals surface area contributed by atoms with Gasteiger partial charge in [-0.1, -0.05) is 25.1 Å². The Kier molecular flexibility index (Phi) is 6.76. The SMILES string of the molecule is CCc1cccc(C)c1NC(=O)C(F)(F)C(F)(F)C(F)(F)C(F)(F)C(F)(F)C(F)F. The van der Waals surface area contributed by atoms with Gasteiger partial charge in [0.25, 0.3) is 0 Å². The van der Waals surface area contributed by atoms with Gasteiger partial charge in [0.15, 0.2) is 0 Å². The van der Waals surface area contributed by atoms with Crippen molar-refractivity contribution >= 4 is 11.6 Å². The predicted octanol–water partition coefficient (Wildman–Crippen LogP) is 5.94. The minimum absolute atomic E-state index is 0.0110. The van der Waals surface area contributed by atoms with E-state index in [4.69, 9.17) is 0 Å². The fourth-order valence-electron chi connectivity index (χ4n) is 2.28. The fourth-order valence-corrected chi connectivity index (χ4v) is 2.28. The molecule has 1 aromatic rings. The number of aryl methyl sites for hydroxylation is 2. The van der Waals surface area contributed by atoms with Gasteiger partial charge in [0.1, 0.15) is 0 Å². The number of halogens is 12. The van der Waals surface area contributed by atoms with Gasteiger partial charge < -0.3 is 5.32 Å². The molecule has 0 saturated carbocycles. The van der Waals surface area contributed by atoms with E-state index in [0.717, 1.165) is 0 Å². The smallest absolute Gasteiger partial charge is 0.320 e. The maximum absolute atomic E-state index is 13.9. The Bertz CT molecular complexity index is 790. The molecule has 1 amide bonds. The second kappa shape index (κ2) is 7.84. The van der Waals surface area contributed by atoms with Gasteiger partial charge in [-0.3, -0.25) is 4.79 Å². The number of carbonyl (C=O) groups is 1. The summed E-state index contributed by atoms with van der Waals surface area (Å²) < 4.78 is 158. The molecule has 0 aromatic heterocycles. The average Bonchev–Trinajstić information content (AvgIpc) is 2.62. The van der Waals surface area contributed by atoms with Crippen LogP contribution < -0.4 is 5.32 Å². The molecular formula is C16H13F12NO. The molecule has 0 radical (unpaired) electrons. The molecule has 2 nitrogen and oxygen atoms in total. The summed E-state index contributed by atoms with van der Waals surface area (Å²) in [5.74, 6) is -39.9. The van der Waals surface area contributed by atoms with Gasteiger partial charge in [0.05, 0.1) is 0 Å². The first-order valence-electron chi connectivity index (χ1n) is 7.87. The van der Waals surface area contributed by atoms with Crippen LogP contribution in [0.15, 0.2) is 18.2 Å². The molecule has 0 heterocycles. The van der Waals surface area contributed by atoms with Crippen molar-refractivity contribution in [1.82, 2.24) is 0 Å². The minimum Gasteiger partial charge on any atom is -0.320 e. The molecule has 0 aliphatic carbocycles. The summed E-state index contributed by atoms with van der Waals surface area (Å²) in [6.45, 7) is 2.62. The lowest BCUT2D eigenvalue weighted by Crippen LogP contribution is -2.70. The van der Waals surface area contributed by atoms with E-state index in [1.54, 1.807) is 0 Å². The van der Waals surface area contributed by atoms with Crippen molar-refractivity contribution in [2.45, 2.75) is 56.3 Å². The Morgan fingerprint density at radius 3 is 1.83 bits per heavy atom. The van der Waals surface area contributed by atoms with Gasteiger partial charge in [-0.15, -0.1) is 0 Å². The maximum Gasteiger partial charge on any atom is 0.393 e. The highest BCUT2D eigenvalue weighted by atomic mass is 19.4. The van der Waals surface area contributed by atoms with Gasteiger partial charge in [-0.05, 0) is 24.5 Å². The third-order valence-corrected chi connectivity index (χ3v) is 4.14. The highest BCUT2D eigenvalue weighted by Gasteiger charge is 2.89. The number of hydrogen-bond acceptors (Lipinski definition) is 1. The minimum atomic E-state index is -7.75. The number of benzene rings is 1. The van der Waals surface area contributed by atoms with E-state index < -0.39 is 47.6 Å². The molecule has 0 spiro atoms. The molecule has 0 aliphatic rings. The van der Waals surface area contributed by atoms with Gasteiger partial charge in [0, 0.05) is 5.69 Å². The number of nitrogens with one attached hydrogen (secondary N) is 1. The summed E-state index contributed by atoms with van der Waals surface area (Å²) in [5.41, 5.74) is -0.486. The predicted molar refractivity (Wildman–Crippen MR) is 79.9 cm³/mol. The molecule has 0 atom stereocenters. The highest BCUT2D eigenvalue weighted by Crippen LogP contribution is 2.58. The number of anilines is 1. The Labute approximate surface area is 161 Å². The van der Waals surface area contributed by atoms with Crippen LogP contribution in [0, 0.1) is 6.92 Å². The van der Waals surface area contributed by atoms with Crippen LogP contribution in [0.5, 0.6) is 0 Å². The highest BCUT2D eigenvalue weighted by molar-refractivity contribution is 5.98. The third-order valence-electron chi connectivity index (χ3n) is 4.14. The van der Waals surface area contributed by atoms with Gasteiger partial charge in [-0.25, -0.2) is 8.78 Å². The molecule has 1 aromatic carbocycles. The second-order valence-electron chi connectivity index (χ2n) is 6.14. The topological polar surface area (TPSA) is 29.1 Å². The molecular weight excluding hydrogens is 450 g/mol. The summed E-state index contributed by atoms with van der Waals surface area (Å²) >= 11 is 0. The van der Waals surface area contributed by atoms with Crippen LogP contribution in [-0.4, -0.2) is 41.9 Å². The average molecular weight is 463 g/mol. The van der Waals surface area contributed by atoms with Crippen molar-refractivity contribution in [3.63, 3.8) is 0 Å². The van der Waals surface area contributed by atoms with Crippen LogP contribution in [0.25, 0.3) is 0 Å². The molecule has 1 N–H and O–H groups in total. The van der Waals surface area contributed by atoms with E-state index in [-0.39, 0.29) is 17.5 Å². The summed E-state index contributed by atoms with van der Waals surface area (Å²) in [6, 6.07) is 3.78. The van der Waals surface area contributed by atoms with Crippen LogP contribution in [0.4, 0.5) is 58.4 Å². The fraction of sp³-hybridized carbons (Fsp3) is 0.562. The van der Waals surface area contributed by atoms with Crippen LogP contribution in [0.1, 0.15) is 18.1 Å². The Morgan fingerprint density at radius 2 is 1.40 bits per heavy atom. The van der Waals surface area contributed by atoms with E-state index in [1.165, 1.54) is 37.4 Å². The van der Waals surface area contributed by atoms with Crippen LogP contribution >= 0.6 is 0 Å². The normalized spacial score (nSPS) is 14.2. The van der Waals surface area contributed by atoms with Crippen molar-refractivity contribution in [3.05, 3.63) is 29.3 Å². The molecule has 0 aliphatic heterocycles. The van der Waals surface area contributed by atoms with Crippen LogP contribution in [0.2, 0.25) is 0 Å². The number of hydrogen-bond donors (Lipinski definition) is 1. The second-order valence-corrected chi connectivity index (χ2v) is 6.14. The maximum atomic E-state index is 13.9. The van der Waals surface area contributed by atoms with Crippen LogP contribution in [-0.2, 0) is 11.2 Å². The zero-order valence-corrected chi connectivity index (χ0v) is 15.0. The van der Waals surface area contributed by atoms with E-state index >= 15 is 0 Å². The van der Waals surface area contributed by atoms with E-state index in [9.17, 15) is 57.5 Å². The lowest BCUT2D eigenvalue weighted by molar-refractivity contribution is -0.406. The summed E-state index contributed by atoms with van der Waals surface area (Å²) in [5, 5.41) is 1.18. The van der Waals surface area contributed by atoms with Crippen molar-refractivity contribution in [1.29, 1.82) is 0 Å². The molecule has 0 fully saturated rings. The van der Waals surface area contributed by atoms with Crippen molar-refractivity contribution in [2.75, 3.05) is 5.32 Å². The number of carbonyl (C=O) groups excluding carboxylic acids is 1. The van der Waals surface area contributed by atoms with Crippen LogP contribution in [0.3, 0.4) is 0 Å². The van der Waals surface area contributed by atoms with Gasteiger partial charge in [0.2, 0.25) is 0 Å². The molecule has 0 unspecified atom stereocenters. The number of rotatable bonds is 8. The van der Waals surface area contributed by atoms with Crippen molar-refractivity contribution < 1.29 is 57.5 Å². The summed E-state index contributed by atoms with van der Waals surface area (Å²) in [6.07, 6.45) is -5.58. The first kappa shape index (κ1) is 25.9. The zero-order chi connectivity index (χ0) is 23.9. The molecule has 30 heavy (non-hydrogen) atoms. The lowest BCUT2D eigenvalue weighted by Gasteiger charge is -2.38. The van der Waals surface area contributed by atoms with Gasteiger partial charge in [-0.2, -0.15) is 43.9 Å². The standard InChI is InChI=1S/C16H13F12NO/c1-3-8-6-4-5-7(2)9(8)29-11(30)13(21,22)15(25,26)16(27,28)14(23,24)12(19,20)10(17)18/h4-6,10H,3H2,1-2H3,(H,29,30). The summed E-state index contributed by atoms with van der Waals surface area (Å²) in [7, 11) is 0. The first-order chi connectivity index (χ1) is 13.3.